The molecule has 0 aliphatic rings. The van der Waals surface area contributed by atoms with Crippen molar-refractivity contribution in [2.45, 2.75) is 18.6 Å². The maximum absolute atomic E-state index is 12.1. The molecule has 3 rings (SSSR count). The van der Waals surface area contributed by atoms with Gasteiger partial charge in [-0.2, -0.15) is 5.10 Å². The third kappa shape index (κ3) is 6.12. The maximum atomic E-state index is 12.1. The number of methoxy groups -OCH3 is 1. The van der Waals surface area contributed by atoms with Gasteiger partial charge in [0.25, 0.3) is 5.95 Å². The minimum atomic E-state index is -0.139. The Morgan fingerprint density at radius 3 is 2.77 bits per heavy atom. The van der Waals surface area contributed by atoms with Gasteiger partial charge in [-0.15, -0.1) is 10.2 Å². The Kier molecular flexibility index (Phi) is 7.33. The van der Waals surface area contributed by atoms with Crippen LogP contribution in [0.15, 0.2) is 52.7 Å². The van der Waals surface area contributed by atoms with E-state index in [1.807, 2.05) is 31.2 Å². The minimum Gasteiger partial charge on any atom is -0.504 e. The highest BCUT2D eigenvalue weighted by Gasteiger charge is 2.12. The molecule has 162 valence electrons. The van der Waals surface area contributed by atoms with E-state index in [2.05, 4.69) is 26.0 Å². The number of aryl methyl sites for hydroxylation is 1. The van der Waals surface area contributed by atoms with E-state index in [0.717, 1.165) is 17.3 Å². The zero-order valence-corrected chi connectivity index (χ0v) is 17.9. The van der Waals surface area contributed by atoms with E-state index in [1.54, 1.807) is 12.1 Å². The van der Waals surface area contributed by atoms with E-state index in [0.29, 0.717) is 23.0 Å². The van der Waals surface area contributed by atoms with Gasteiger partial charge in [-0.3, -0.25) is 4.79 Å². The topological polar surface area (TPSA) is 140 Å². The Morgan fingerprint density at radius 2 is 2.06 bits per heavy atom. The predicted molar refractivity (Wildman–Crippen MR) is 120 cm³/mol. The van der Waals surface area contributed by atoms with Crippen LogP contribution in [-0.4, -0.2) is 45.0 Å². The van der Waals surface area contributed by atoms with E-state index < -0.39 is 0 Å². The first-order valence-electron chi connectivity index (χ1n) is 9.28. The molecule has 1 heterocycles. The lowest BCUT2D eigenvalue weighted by molar-refractivity contribution is -0.118. The molecular weight excluding hydrogens is 418 g/mol. The van der Waals surface area contributed by atoms with E-state index in [1.165, 1.54) is 29.6 Å². The van der Waals surface area contributed by atoms with Crippen LogP contribution >= 0.6 is 11.8 Å². The van der Waals surface area contributed by atoms with Crippen LogP contribution in [0, 0.1) is 6.92 Å². The molecule has 1 aromatic heterocycles. The first kappa shape index (κ1) is 22.0. The molecule has 5 N–H and O–H groups in total. The number of hydrogen-bond acceptors (Lipinski definition) is 9. The number of ether oxygens (including phenoxy) is 1. The lowest BCUT2D eigenvalue weighted by atomic mass is 10.1. The number of phenolic OH excluding ortho intramolecular Hbond substituents is 1. The molecule has 0 aliphatic heterocycles. The number of nitrogens with two attached hydrogens (primary N) is 1. The zero-order chi connectivity index (χ0) is 22.2. The number of amides is 1. The normalized spacial score (nSPS) is 10.9. The van der Waals surface area contributed by atoms with Gasteiger partial charge in [0.2, 0.25) is 11.1 Å². The standard InChI is InChI=1S/C20H23N7O3S/c1-13-3-5-14(6-4-13)10-22-18(29)12-31-20-26-25-19(27(20)21)24-23-11-15-7-8-17(30-2)16(28)9-15/h3-9,11,28H,10,12,21H2,1-2H3,(H,22,29)(H,24,25)/b23-11+. The monoisotopic (exact) mass is 441 g/mol. The number of nitrogens with zero attached hydrogens (tertiary/aromatic N) is 4. The highest BCUT2D eigenvalue weighted by molar-refractivity contribution is 7.99. The van der Waals surface area contributed by atoms with Crippen molar-refractivity contribution in [1.29, 1.82) is 0 Å². The van der Waals surface area contributed by atoms with Gasteiger partial charge in [0, 0.05) is 6.54 Å². The van der Waals surface area contributed by atoms with Gasteiger partial charge in [0.15, 0.2) is 11.5 Å². The van der Waals surface area contributed by atoms with Crippen LogP contribution in [0.4, 0.5) is 5.95 Å². The Hall–Kier alpha value is -3.73. The van der Waals surface area contributed by atoms with Gasteiger partial charge in [0.05, 0.1) is 19.1 Å². The maximum Gasteiger partial charge on any atom is 0.264 e. The van der Waals surface area contributed by atoms with E-state index in [4.69, 9.17) is 10.6 Å². The summed E-state index contributed by atoms with van der Waals surface area (Å²) in [5.74, 6) is 6.55. The number of carbonyl (C=O) groups is 1. The molecule has 0 spiro atoms. The second-order valence-corrected chi connectivity index (χ2v) is 7.47. The number of hydrogen-bond donors (Lipinski definition) is 4. The summed E-state index contributed by atoms with van der Waals surface area (Å²) in [4.78, 5) is 12.1. The van der Waals surface area contributed by atoms with Crippen molar-refractivity contribution in [2.24, 2.45) is 5.10 Å². The van der Waals surface area contributed by atoms with Crippen molar-refractivity contribution in [2.75, 3.05) is 24.1 Å². The van der Waals surface area contributed by atoms with Gasteiger partial charge < -0.3 is 21.0 Å². The van der Waals surface area contributed by atoms with Gasteiger partial charge in [-0.05, 0) is 36.2 Å². The fourth-order valence-electron chi connectivity index (χ4n) is 2.49. The predicted octanol–water partition coefficient (Wildman–Crippen LogP) is 1.87. The molecule has 0 radical (unpaired) electrons. The van der Waals surface area contributed by atoms with Gasteiger partial charge >= 0.3 is 0 Å². The van der Waals surface area contributed by atoms with Crippen molar-refractivity contribution in [3.63, 3.8) is 0 Å². The van der Waals surface area contributed by atoms with E-state index >= 15 is 0 Å². The first-order chi connectivity index (χ1) is 15.0. The zero-order valence-electron chi connectivity index (χ0n) is 17.1. The number of benzene rings is 2. The lowest BCUT2D eigenvalue weighted by Crippen LogP contribution is -2.25. The number of aromatic hydroxyl groups is 1. The second-order valence-electron chi connectivity index (χ2n) is 6.53. The molecule has 0 saturated heterocycles. The smallest absolute Gasteiger partial charge is 0.264 e. The quantitative estimate of drug-likeness (QED) is 0.171. The average Bonchev–Trinajstić information content (AvgIpc) is 3.11. The molecule has 11 heteroatoms. The summed E-state index contributed by atoms with van der Waals surface area (Å²) >= 11 is 1.16. The third-order valence-electron chi connectivity index (χ3n) is 4.19. The van der Waals surface area contributed by atoms with E-state index in [-0.39, 0.29) is 23.4 Å². The summed E-state index contributed by atoms with van der Waals surface area (Å²) in [5, 5.41) is 24.9. The molecule has 3 aromatic rings. The molecular formula is C20H23N7O3S. The van der Waals surface area contributed by atoms with Crippen LogP contribution in [0.1, 0.15) is 16.7 Å². The summed E-state index contributed by atoms with van der Waals surface area (Å²) in [6, 6.07) is 12.8. The number of hydrazone groups is 1. The van der Waals surface area contributed by atoms with Crippen LogP contribution in [0.2, 0.25) is 0 Å². The van der Waals surface area contributed by atoms with E-state index in [9.17, 15) is 9.90 Å². The van der Waals surface area contributed by atoms with Gasteiger partial charge in [-0.25, -0.2) is 10.1 Å². The molecule has 2 aromatic carbocycles. The Bertz CT molecular complexity index is 1070. The van der Waals surface area contributed by atoms with Crippen molar-refractivity contribution in [3.8, 4) is 11.5 Å². The molecule has 1 amide bonds. The van der Waals surface area contributed by atoms with Crippen LogP contribution in [0.25, 0.3) is 0 Å². The number of nitrogens with one attached hydrogen (secondary N) is 2. The lowest BCUT2D eigenvalue weighted by Gasteiger charge is -2.06. The summed E-state index contributed by atoms with van der Waals surface area (Å²) < 4.78 is 6.20. The Labute approximate surface area is 183 Å². The molecule has 0 aliphatic carbocycles. The summed E-state index contributed by atoms with van der Waals surface area (Å²) in [5.41, 5.74) is 5.52. The van der Waals surface area contributed by atoms with Crippen molar-refractivity contribution < 1.29 is 14.6 Å². The van der Waals surface area contributed by atoms with Crippen molar-refractivity contribution in [3.05, 3.63) is 59.2 Å². The fraction of sp³-hybridized carbons (Fsp3) is 0.200. The van der Waals surface area contributed by atoms with Crippen LogP contribution in [0.5, 0.6) is 11.5 Å². The molecule has 0 unspecified atom stereocenters. The van der Waals surface area contributed by atoms with Crippen molar-refractivity contribution in [1.82, 2.24) is 20.2 Å². The van der Waals surface area contributed by atoms with Gasteiger partial charge in [0.1, 0.15) is 0 Å². The number of thioether (sulfide) groups is 1. The molecule has 0 saturated carbocycles. The number of aromatic nitrogens is 3. The van der Waals surface area contributed by atoms with Crippen LogP contribution in [0.3, 0.4) is 0 Å². The number of rotatable bonds is 9. The summed E-state index contributed by atoms with van der Waals surface area (Å²) in [7, 11) is 1.47. The van der Waals surface area contributed by atoms with Crippen molar-refractivity contribution >= 4 is 29.8 Å². The molecule has 0 fully saturated rings. The second kappa shape index (κ2) is 10.3. The van der Waals surface area contributed by atoms with Crippen LogP contribution < -0.4 is 21.3 Å². The first-order valence-corrected chi connectivity index (χ1v) is 10.3. The molecule has 0 bridgehead atoms. The molecule has 31 heavy (non-hydrogen) atoms. The Balaban J connectivity index is 1.48. The highest BCUT2D eigenvalue weighted by atomic mass is 32.2. The summed E-state index contributed by atoms with van der Waals surface area (Å²) in [6.07, 6.45) is 1.49. The number of phenols is 1. The molecule has 0 atom stereocenters. The summed E-state index contributed by atoms with van der Waals surface area (Å²) in [6.45, 7) is 2.47. The SMILES string of the molecule is COc1ccc(/C=N/Nc2nnc(SCC(=O)NCc3ccc(C)cc3)n2N)cc1O. The third-order valence-corrected chi connectivity index (χ3v) is 5.13. The fourth-order valence-corrected chi connectivity index (χ4v) is 3.18. The Morgan fingerprint density at radius 1 is 1.29 bits per heavy atom. The average molecular weight is 442 g/mol. The van der Waals surface area contributed by atoms with Crippen LogP contribution in [-0.2, 0) is 11.3 Å². The molecule has 10 nitrogen and oxygen atoms in total. The number of anilines is 1. The minimum absolute atomic E-state index is 0.00721. The largest absolute Gasteiger partial charge is 0.504 e. The number of carbonyl (C=O) groups excluding carboxylic acids is 1. The van der Waals surface area contributed by atoms with Gasteiger partial charge in [-0.1, -0.05) is 41.6 Å². The highest BCUT2D eigenvalue weighted by Crippen LogP contribution is 2.25. The number of nitrogen functional groups attached to an aromatic ring is 1.